The number of hydrogen-bond donors (Lipinski definition) is 1. The van der Waals surface area contributed by atoms with Gasteiger partial charge in [-0.1, -0.05) is 64.2 Å². The lowest BCUT2D eigenvalue weighted by molar-refractivity contribution is -0.118. The van der Waals surface area contributed by atoms with Crippen molar-refractivity contribution >= 4 is 73.5 Å². The molecule has 184 valence electrons. The Morgan fingerprint density at radius 2 is 1.81 bits per heavy atom. The maximum Gasteiger partial charge on any atom is 0.270 e. The summed E-state index contributed by atoms with van der Waals surface area (Å²) >= 11 is 10.1. The van der Waals surface area contributed by atoms with E-state index in [9.17, 15) is 9.59 Å². The van der Waals surface area contributed by atoms with Crippen molar-refractivity contribution in [2.24, 2.45) is 0 Å². The Bertz CT molecular complexity index is 1360. The molecule has 0 aliphatic carbocycles. The maximum absolute atomic E-state index is 13.1. The predicted molar refractivity (Wildman–Crippen MR) is 150 cm³/mol. The van der Waals surface area contributed by atoms with Crippen LogP contribution >= 0.6 is 39.9 Å². The van der Waals surface area contributed by atoms with Gasteiger partial charge >= 0.3 is 0 Å². The van der Waals surface area contributed by atoms with Crippen LogP contribution in [-0.2, 0) is 9.59 Å². The molecule has 1 N–H and O–H groups in total. The number of carbonyl (C=O) groups is 2. The lowest BCUT2D eigenvalue weighted by Gasteiger charge is -2.14. The summed E-state index contributed by atoms with van der Waals surface area (Å²) in [5.41, 5.74) is 1.98. The van der Waals surface area contributed by atoms with E-state index in [1.165, 1.54) is 30.9 Å². The number of methoxy groups -OCH3 is 2. The van der Waals surface area contributed by atoms with Gasteiger partial charge in [0.2, 0.25) is 0 Å². The Labute approximate surface area is 226 Å². The average molecular weight is 586 g/mol. The van der Waals surface area contributed by atoms with Crippen molar-refractivity contribution < 1.29 is 23.8 Å². The predicted octanol–water partition coefficient (Wildman–Crippen LogP) is 5.89. The number of benzene rings is 3. The Balaban J connectivity index is 1.45. The first-order valence-corrected chi connectivity index (χ1v) is 12.7. The maximum atomic E-state index is 13.1. The van der Waals surface area contributed by atoms with E-state index in [-0.39, 0.29) is 18.4 Å². The SMILES string of the molecule is COc1ccccc1NC(=O)COc1ccc(/C=C2/SC(=S)N(c3cccc(Br)c3)C2=O)cc1OC. The normalized spacial score (nSPS) is 14.2. The second-order valence-electron chi connectivity index (χ2n) is 7.44. The Morgan fingerprint density at radius 3 is 2.56 bits per heavy atom. The molecule has 0 unspecified atom stereocenters. The number of nitrogens with one attached hydrogen (secondary N) is 1. The summed E-state index contributed by atoms with van der Waals surface area (Å²) in [5, 5.41) is 2.76. The molecular weight excluding hydrogens is 564 g/mol. The lowest BCUT2D eigenvalue weighted by atomic mass is 10.2. The summed E-state index contributed by atoms with van der Waals surface area (Å²) < 4.78 is 17.7. The summed E-state index contributed by atoms with van der Waals surface area (Å²) in [7, 11) is 3.04. The van der Waals surface area contributed by atoms with E-state index in [2.05, 4.69) is 21.2 Å². The van der Waals surface area contributed by atoms with Crippen LogP contribution in [0.25, 0.3) is 6.08 Å². The van der Waals surface area contributed by atoms with E-state index >= 15 is 0 Å². The Morgan fingerprint density at radius 1 is 1.03 bits per heavy atom. The Kier molecular flexibility index (Phi) is 8.29. The zero-order valence-electron chi connectivity index (χ0n) is 19.3. The van der Waals surface area contributed by atoms with Crippen molar-refractivity contribution in [1.82, 2.24) is 0 Å². The fourth-order valence-electron chi connectivity index (χ4n) is 3.43. The number of anilines is 2. The van der Waals surface area contributed by atoms with Gasteiger partial charge in [-0.15, -0.1) is 0 Å². The van der Waals surface area contributed by atoms with Crippen molar-refractivity contribution in [3.63, 3.8) is 0 Å². The first-order valence-electron chi connectivity index (χ1n) is 10.7. The zero-order valence-corrected chi connectivity index (χ0v) is 22.5. The summed E-state index contributed by atoms with van der Waals surface area (Å²) in [6, 6.07) is 19.7. The first-order chi connectivity index (χ1) is 17.4. The summed E-state index contributed by atoms with van der Waals surface area (Å²) in [6.07, 6.45) is 1.75. The topological polar surface area (TPSA) is 77.1 Å². The van der Waals surface area contributed by atoms with Gasteiger partial charge in [0.15, 0.2) is 22.4 Å². The average Bonchev–Trinajstić information content (AvgIpc) is 3.15. The molecule has 10 heteroatoms. The quantitative estimate of drug-likeness (QED) is 0.261. The van der Waals surface area contributed by atoms with Crippen LogP contribution in [-0.4, -0.2) is 37.0 Å². The molecule has 0 saturated carbocycles. The Hall–Kier alpha value is -3.34. The number of thioether (sulfide) groups is 1. The number of halogens is 1. The first kappa shape index (κ1) is 25.7. The minimum absolute atomic E-state index is 0.199. The molecular formula is C26H21BrN2O5S2. The molecule has 0 aromatic heterocycles. The van der Waals surface area contributed by atoms with Crippen LogP contribution in [0, 0.1) is 0 Å². The van der Waals surface area contributed by atoms with Gasteiger partial charge in [-0.25, -0.2) is 0 Å². The largest absolute Gasteiger partial charge is 0.495 e. The smallest absolute Gasteiger partial charge is 0.270 e. The molecule has 1 aliphatic rings. The molecule has 7 nitrogen and oxygen atoms in total. The molecule has 4 rings (SSSR count). The second kappa shape index (κ2) is 11.6. The van der Waals surface area contributed by atoms with E-state index in [4.69, 9.17) is 26.4 Å². The highest BCUT2D eigenvalue weighted by Crippen LogP contribution is 2.38. The fraction of sp³-hybridized carbons (Fsp3) is 0.115. The highest BCUT2D eigenvalue weighted by atomic mass is 79.9. The van der Waals surface area contributed by atoms with Gasteiger partial charge < -0.3 is 19.5 Å². The molecule has 2 amide bonds. The van der Waals surface area contributed by atoms with E-state index in [1.807, 2.05) is 30.3 Å². The molecule has 1 heterocycles. The van der Waals surface area contributed by atoms with E-state index < -0.39 is 0 Å². The van der Waals surface area contributed by atoms with Crippen LogP contribution in [0.2, 0.25) is 0 Å². The minimum Gasteiger partial charge on any atom is -0.495 e. The van der Waals surface area contributed by atoms with Crippen LogP contribution in [0.3, 0.4) is 0 Å². The third-order valence-corrected chi connectivity index (χ3v) is 6.88. The second-order valence-corrected chi connectivity index (χ2v) is 10.0. The van der Waals surface area contributed by atoms with Crippen molar-refractivity contribution in [1.29, 1.82) is 0 Å². The molecule has 1 aliphatic heterocycles. The highest BCUT2D eigenvalue weighted by molar-refractivity contribution is 9.10. The van der Waals surface area contributed by atoms with Crippen molar-refractivity contribution in [3.8, 4) is 17.2 Å². The van der Waals surface area contributed by atoms with Gasteiger partial charge in [-0.2, -0.15) is 0 Å². The number of ether oxygens (including phenoxy) is 3. The lowest BCUT2D eigenvalue weighted by Crippen LogP contribution is -2.27. The molecule has 1 saturated heterocycles. The summed E-state index contributed by atoms with van der Waals surface area (Å²) in [6.45, 7) is -0.223. The molecule has 0 radical (unpaired) electrons. The van der Waals surface area contributed by atoms with Crippen molar-refractivity contribution in [2.45, 2.75) is 0 Å². The number of amides is 2. The van der Waals surface area contributed by atoms with Crippen LogP contribution in [0.15, 0.2) is 76.1 Å². The van der Waals surface area contributed by atoms with Gasteiger partial charge in [0.05, 0.1) is 30.5 Å². The number of para-hydroxylation sites is 2. The number of nitrogens with zero attached hydrogens (tertiary/aromatic N) is 1. The molecule has 1 fully saturated rings. The monoisotopic (exact) mass is 584 g/mol. The van der Waals surface area contributed by atoms with Gasteiger partial charge in [0.1, 0.15) is 5.75 Å². The van der Waals surface area contributed by atoms with Crippen LogP contribution in [0.4, 0.5) is 11.4 Å². The van der Waals surface area contributed by atoms with Crippen LogP contribution in [0.1, 0.15) is 5.56 Å². The summed E-state index contributed by atoms with van der Waals surface area (Å²) in [5.74, 6) is 0.832. The van der Waals surface area contributed by atoms with Gasteiger partial charge in [0, 0.05) is 4.47 Å². The van der Waals surface area contributed by atoms with E-state index in [0.29, 0.717) is 37.8 Å². The molecule has 3 aromatic rings. The molecule has 36 heavy (non-hydrogen) atoms. The third-order valence-electron chi connectivity index (χ3n) is 5.09. The summed E-state index contributed by atoms with van der Waals surface area (Å²) in [4.78, 5) is 27.4. The standard InChI is InChI=1S/C26H21BrN2O5S2/c1-32-20-9-4-3-8-19(20)28-24(30)15-34-21-11-10-16(12-22(21)33-2)13-23-25(31)29(26(35)36-23)18-7-5-6-17(27)14-18/h3-14H,15H2,1-2H3,(H,28,30)/b23-13+. The highest BCUT2D eigenvalue weighted by Gasteiger charge is 2.33. The van der Waals surface area contributed by atoms with Gasteiger partial charge in [-0.3, -0.25) is 14.5 Å². The molecule has 0 bridgehead atoms. The van der Waals surface area contributed by atoms with E-state index in [1.54, 1.807) is 42.5 Å². The van der Waals surface area contributed by atoms with Crippen LogP contribution < -0.4 is 24.4 Å². The third kappa shape index (κ3) is 5.89. The van der Waals surface area contributed by atoms with Crippen molar-refractivity contribution in [2.75, 3.05) is 31.0 Å². The van der Waals surface area contributed by atoms with Gasteiger partial charge in [-0.05, 0) is 54.1 Å². The molecule has 0 atom stereocenters. The molecule has 0 spiro atoms. The van der Waals surface area contributed by atoms with E-state index in [0.717, 1.165) is 10.0 Å². The minimum atomic E-state index is -0.346. The van der Waals surface area contributed by atoms with Gasteiger partial charge in [0.25, 0.3) is 11.8 Å². The van der Waals surface area contributed by atoms with Crippen molar-refractivity contribution in [3.05, 3.63) is 81.7 Å². The number of rotatable bonds is 8. The fourth-order valence-corrected chi connectivity index (χ4v) is 5.11. The number of hydrogen-bond acceptors (Lipinski definition) is 7. The molecule has 3 aromatic carbocycles. The van der Waals surface area contributed by atoms with Crippen LogP contribution in [0.5, 0.6) is 17.2 Å². The number of carbonyl (C=O) groups excluding carboxylic acids is 2. The number of thiocarbonyl (C=S) groups is 1. The zero-order chi connectivity index (χ0) is 25.7.